The van der Waals surface area contributed by atoms with Crippen molar-refractivity contribution in [1.29, 1.82) is 5.26 Å². The Morgan fingerprint density at radius 2 is 1.93 bits per heavy atom. The molecule has 10 heteroatoms. The number of pyridine rings is 2. The van der Waals surface area contributed by atoms with E-state index in [1.807, 2.05) is 33.2 Å². The van der Waals surface area contributed by atoms with Crippen LogP contribution in [0.2, 0.25) is 10.3 Å². The number of aromatic nitrogens is 4. The van der Waals surface area contributed by atoms with E-state index in [-0.39, 0.29) is 22.8 Å². The SMILES string of the molecule is Cc1cc(CN=C(NC#N)Nc2cc(Cl)nc(Cl)c2)nc2c1c(C)nn2C. The van der Waals surface area contributed by atoms with E-state index in [0.29, 0.717) is 5.69 Å². The predicted molar refractivity (Wildman–Crippen MR) is 106 cm³/mol. The maximum Gasteiger partial charge on any atom is 0.209 e. The van der Waals surface area contributed by atoms with Crippen LogP contribution in [0.5, 0.6) is 0 Å². The van der Waals surface area contributed by atoms with Gasteiger partial charge in [0.15, 0.2) is 11.8 Å². The number of hydrogen-bond acceptors (Lipinski definition) is 5. The van der Waals surface area contributed by atoms with Gasteiger partial charge in [-0.1, -0.05) is 23.2 Å². The molecule has 8 nitrogen and oxygen atoms in total. The van der Waals surface area contributed by atoms with Crippen LogP contribution in [0.25, 0.3) is 11.0 Å². The molecule has 3 aromatic rings. The molecule has 0 aliphatic heterocycles. The van der Waals surface area contributed by atoms with E-state index in [4.69, 9.17) is 28.5 Å². The van der Waals surface area contributed by atoms with Crippen LogP contribution >= 0.6 is 23.2 Å². The number of nitrogens with one attached hydrogen (secondary N) is 2. The lowest BCUT2D eigenvalue weighted by molar-refractivity contribution is 0.770. The Bertz CT molecular complexity index is 1060. The van der Waals surface area contributed by atoms with Gasteiger partial charge in [-0.3, -0.25) is 10.00 Å². The molecule has 0 aromatic carbocycles. The van der Waals surface area contributed by atoms with E-state index in [2.05, 4.69) is 30.7 Å². The van der Waals surface area contributed by atoms with Gasteiger partial charge in [0.05, 0.1) is 17.9 Å². The van der Waals surface area contributed by atoms with Gasteiger partial charge in [-0.15, -0.1) is 0 Å². The van der Waals surface area contributed by atoms with Gasteiger partial charge < -0.3 is 5.32 Å². The fourth-order valence-electron chi connectivity index (χ4n) is 2.80. The van der Waals surface area contributed by atoms with E-state index in [1.54, 1.807) is 16.8 Å². The third-order valence-electron chi connectivity index (χ3n) is 3.82. The van der Waals surface area contributed by atoms with Gasteiger partial charge in [-0.25, -0.2) is 15.0 Å². The first-order valence-electron chi connectivity index (χ1n) is 7.97. The van der Waals surface area contributed by atoms with E-state index >= 15 is 0 Å². The number of fused-ring (bicyclic) bond motifs is 1. The Balaban J connectivity index is 1.88. The minimum Gasteiger partial charge on any atom is -0.325 e. The van der Waals surface area contributed by atoms with Crippen molar-refractivity contribution in [2.45, 2.75) is 20.4 Å². The van der Waals surface area contributed by atoms with Crippen molar-refractivity contribution < 1.29 is 0 Å². The van der Waals surface area contributed by atoms with Gasteiger partial charge in [-0.2, -0.15) is 10.4 Å². The van der Waals surface area contributed by atoms with Crippen molar-refractivity contribution in [1.82, 2.24) is 25.1 Å². The van der Waals surface area contributed by atoms with Crippen LogP contribution in [0.1, 0.15) is 17.0 Å². The summed E-state index contributed by atoms with van der Waals surface area (Å²) in [6.45, 7) is 4.24. The molecule has 0 bridgehead atoms. The van der Waals surface area contributed by atoms with Crippen LogP contribution in [0.15, 0.2) is 23.2 Å². The number of nitriles is 1. The molecule has 0 saturated carbocycles. The van der Waals surface area contributed by atoms with Gasteiger partial charge in [0.1, 0.15) is 10.3 Å². The second-order valence-corrected chi connectivity index (χ2v) is 6.64. The summed E-state index contributed by atoms with van der Waals surface area (Å²) in [6, 6.07) is 5.12. The van der Waals surface area contributed by atoms with E-state index in [0.717, 1.165) is 28.0 Å². The molecule has 0 spiro atoms. The van der Waals surface area contributed by atoms with Gasteiger partial charge in [0, 0.05) is 18.1 Å². The van der Waals surface area contributed by atoms with Crippen molar-refractivity contribution in [3.63, 3.8) is 0 Å². The van der Waals surface area contributed by atoms with Crippen LogP contribution in [0.4, 0.5) is 5.69 Å². The first kappa shape index (κ1) is 18.9. The van der Waals surface area contributed by atoms with Crippen LogP contribution in [-0.4, -0.2) is 25.7 Å². The third-order valence-corrected chi connectivity index (χ3v) is 4.21. The maximum atomic E-state index is 8.97. The summed E-state index contributed by atoms with van der Waals surface area (Å²) >= 11 is 11.8. The second kappa shape index (κ2) is 7.78. The fourth-order valence-corrected chi connectivity index (χ4v) is 3.26. The normalized spacial score (nSPS) is 11.5. The lowest BCUT2D eigenvalue weighted by Gasteiger charge is -2.09. The highest BCUT2D eigenvalue weighted by molar-refractivity contribution is 6.33. The number of aliphatic imine (C=N–C) groups is 1. The van der Waals surface area contributed by atoms with E-state index < -0.39 is 0 Å². The molecule has 27 heavy (non-hydrogen) atoms. The molecule has 0 aliphatic rings. The molecule has 0 saturated heterocycles. The second-order valence-electron chi connectivity index (χ2n) is 5.87. The summed E-state index contributed by atoms with van der Waals surface area (Å²) in [5.74, 6) is 0.247. The molecule has 0 aliphatic carbocycles. The highest BCUT2D eigenvalue weighted by atomic mass is 35.5. The van der Waals surface area contributed by atoms with Gasteiger partial charge >= 0.3 is 0 Å². The fraction of sp³-hybridized carbons (Fsp3) is 0.235. The minimum atomic E-state index is 0.232. The third kappa shape index (κ3) is 4.27. The average Bonchev–Trinajstić information content (AvgIpc) is 2.86. The molecular formula is C17H16Cl2N8. The molecule has 3 rings (SSSR count). The zero-order chi connectivity index (χ0) is 19.6. The van der Waals surface area contributed by atoms with Crippen molar-refractivity contribution in [2.75, 3.05) is 5.32 Å². The molecule has 138 valence electrons. The van der Waals surface area contributed by atoms with E-state index in [1.165, 1.54) is 0 Å². The highest BCUT2D eigenvalue weighted by Crippen LogP contribution is 2.21. The van der Waals surface area contributed by atoms with Crippen LogP contribution in [-0.2, 0) is 13.6 Å². The van der Waals surface area contributed by atoms with Crippen LogP contribution in [0.3, 0.4) is 0 Å². The number of anilines is 1. The zero-order valence-electron chi connectivity index (χ0n) is 14.9. The molecule has 3 aromatic heterocycles. The molecule has 0 amide bonds. The summed E-state index contributed by atoms with van der Waals surface area (Å²) in [5.41, 5.74) is 4.13. The summed E-state index contributed by atoms with van der Waals surface area (Å²) in [6.07, 6.45) is 1.85. The number of halogens is 2. The predicted octanol–water partition coefficient (Wildman–Crippen LogP) is 3.33. The Morgan fingerprint density at radius 1 is 1.22 bits per heavy atom. The lowest BCUT2D eigenvalue weighted by atomic mass is 10.1. The number of nitrogens with zero attached hydrogens (tertiary/aromatic N) is 6. The Kier molecular flexibility index (Phi) is 5.44. The molecule has 2 N–H and O–H groups in total. The zero-order valence-corrected chi connectivity index (χ0v) is 16.4. The van der Waals surface area contributed by atoms with Crippen LogP contribution < -0.4 is 10.6 Å². The van der Waals surface area contributed by atoms with E-state index in [9.17, 15) is 0 Å². The molecular weight excluding hydrogens is 387 g/mol. The van der Waals surface area contributed by atoms with Crippen LogP contribution in [0, 0.1) is 25.3 Å². The summed E-state index contributed by atoms with van der Waals surface area (Å²) in [7, 11) is 1.86. The topological polar surface area (TPSA) is 104 Å². The Hall–Kier alpha value is -2.89. The number of rotatable bonds is 3. The van der Waals surface area contributed by atoms with Gasteiger partial charge in [0.25, 0.3) is 0 Å². The average molecular weight is 403 g/mol. The maximum absolute atomic E-state index is 8.97. The first-order valence-corrected chi connectivity index (χ1v) is 8.72. The molecule has 0 unspecified atom stereocenters. The Morgan fingerprint density at radius 3 is 2.59 bits per heavy atom. The summed E-state index contributed by atoms with van der Waals surface area (Å²) in [5, 5.41) is 20.3. The van der Waals surface area contributed by atoms with Crippen molar-refractivity contribution in [2.24, 2.45) is 12.0 Å². The standard InChI is InChI=1S/C17H16Cl2N8/c1-9-4-12(23-16-15(9)10(2)26-27(16)3)7-21-17(22-8-20)24-11-5-13(18)25-14(19)6-11/h4-6H,7H2,1-3H3,(H2,21,22,24,25). The number of hydrogen-bond donors (Lipinski definition) is 2. The number of guanidine groups is 1. The quantitative estimate of drug-likeness (QED) is 0.229. The molecule has 0 radical (unpaired) electrons. The highest BCUT2D eigenvalue weighted by Gasteiger charge is 2.11. The smallest absolute Gasteiger partial charge is 0.209 e. The minimum absolute atomic E-state index is 0.232. The molecule has 3 heterocycles. The summed E-state index contributed by atoms with van der Waals surface area (Å²) < 4.78 is 1.75. The lowest BCUT2D eigenvalue weighted by Crippen LogP contribution is -2.27. The van der Waals surface area contributed by atoms with Gasteiger partial charge in [-0.05, 0) is 37.6 Å². The monoisotopic (exact) mass is 402 g/mol. The first-order chi connectivity index (χ1) is 12.9. The van der Waals surface area contributed by atoms with Gasteiger partial charge in [0.2, 0.25) is 5.96 Å². The summed E-state index contributed by atoms with van der Waals surface area (Å²) in [4.78, 5) is 12.9. The molecule has 0 atom stereocenters. The molecule has 0 fully saturated rings. The number of aryl methyl sites for hydroxylation is 3. The van der Waals surface area contributed by atoms with Crippen molar-refractivity contribution in [3.8, 4) is 6.19 Å². The van der Waals surface area contributed by atoms with Crippen molar-refractivity contribution >= 4 is 45.9 Å². The van der Waals surface area contributed by atoms with Crippen molar-refractivity contribution in [3.05, 3.63) is 45.5 Å². The largest absolute Gasteiger partial charge is 0.325 e. The Labute approximate surface area is 165 Å².